The average Bonchev–Trinajstić information content (AvgIpc) is 2.29. The second-order valence-electron chi connectivity index (χ2n) is 4.24. The minimum Gasteiger partial charge on any atom is -0.384 e. The lowest BCUT2D eigenvalue weighted by molar-refractivity contribution is -0.0121. The van der Waals surface area contributed by atoms with Gasteiger partial charge in [0.15, 0.2) is 0 Å². The highest BCUT2D eigenvalue weighted by Gasteiger charge is 2.37. The van der Waals surface area contributed by atoms with E-state index in [1.54, 1.807) is 0 Å². The number of thiol groups is 1. The van der Waals surface area contributed by atoms with Gasteiger partial charge < -0.3 is 5.11 Å². The van der Waals surface area contributed by atoms with Gasteiger partial charge in [-0.15, -0.1) is 0 Å². The first-order valence-electron chi connectivity index (χ1n) is 5.39. The molecule has 4 nitrogen and oxygen atoms in total. The van der Waals surface area contributed by atoms with E-state index in [2.05, 4.69) is 15.9 Å². The minimum absolute atomic E-state index is 0.133. The van der Waals surface area contributed by atoms with E-state index in [1.165, 1.54) is 4.31 Å². The third-order valence-electron chi connectivity index (χ3n) is 3.06. The van der Waals surface area contributed by atoms with Crippen molar-refractivity contribution in [2.24, 2.45) is 0 Å². The molecule has 6 heteroatoms. The summed E-state index contributed by atoms with van der Waals surface area (Å²) in [5.41, 5.74) is -0.338. The monoisotopic (exact) mass is 319 g/mol. The normalized spacial score (nSPS) is 26.3. The Morgan fingerprint density at radius 1 is 1.35 bits per heavy atom. The smallest absolute Gasteiger partial charge is 0.204 e. The van der Waals surface area contributed by atoms with E-state index >= 15 is 0 Å². The molecule has 1 aromatic carbocycles. The van der Waals surface area contributed by atoms with Crippen LogP contribution in [-0.4, -0.2) is 30.9 Å². The van der Waals surface area contributed by atoms with Crippen LogP contribution in [0.5, 0.6) is 0 Å². The molecule has 1 fully saturated rings. The number of halogens is 1. The highest BCUT2D eigenvalue weighted by atomic mass is 79.9. The summed E-state index contributed by atoms with van der Waals surface area (Å²) in [5, 5.41) is 10.6. The summed E-state index contributed by atoms with van der Waals surface area (Å²) in [6.45, 7) is 0.625. The van der Waals surface area contributed by atoms with Crippen molar-refractivity contribution in [3.05, 3.63) is 34.3 Å². The van der Waals surface area contributed by atoms with Gasteiger partial charge in [0.1, 0.15) is 5.60 Å². The van der Waals surface area contributed by atoms with Crippen molar-refractivity contribution < 1.29 is 13.5 Å². The molecule has 0 amide bonds. The Bertz CT molecular complexity index is 483. The molecule has 17 heavy (non-hydrogen) atoms. The number of aliphatic hydroxyl groups is 1. The van der Waals surface area contributed by atoms with Gasteiger partial charge in [0.25, 0.3) is 0 Å². The number of rotatable bonds is 2. The second kappa shape index (κ2) is 5.06. The fourth-order valence-electron chi connectivity index (χ4n) is 2.21. The van der Waals surface area contributed by atoms with Crippen LogP contribution in [0.4, 0.5) is 0 Å². The van der Waals surface area contributed by atoms with Gasteiger partial charge in [0.05, 0.1) is 0 Å². The summed E-state index contributed by atoms with van der Waals surface area (Å²) >= 11 is 3.39. The van der Waals surface area contributed by atoms with Crippen molar-refractivity contribution in [1.82, 2.24) is 4.31 Å². The van der Waals surface area contributed by atoms with Gasteiger partial charge in [-0.1, -0.05) is 34.1 Å². The van der Waals surface area contributed by atoms with Gasteiger partial charge in [-0.3, -0.25) is 0 Å². The van der Waals surface area contributed by atoms with Crippen molar-refractivity contribution in [3.8, 4) is 0 Å². The Morgan fingerprint density at radius 2 is 2.06 bits per heavy atom. The summed E-state index contributed by atoms with van der Waals surface area (Å²) in [4.78, 5) is 0. The molecular formula is C11H14BrNO3S. The van der Waals surface area contributed by atoms with Gasteiger partial charge in [-0.2, -0.15) is 0 Å². The lowest BCUT2D eigenvalue weighted by Crippen LogP contribution is -2.45. The molecule has 1 N–H and O–H groups in total. The zero-order valence-corrected chi connectivity index (χ0v) is 11.7. The standard InChI is InChI=1S/C11H14BrNO3S/c12-10-5-2-1-4-9(10)11(14)6-3-7-13(8-11)17(15)16/h1-2,4-5,14,17H,3,6-8H2. The zero-order chi connectivity index (χ0) is 12.5. The van der Waals surface area contributed by atoms with Gasteiger partial charge in [-0.05, 0) is 24.5 Å². The molecule has 1 heterocycles. The van der Waals surface area contributed by atoms with Crippen LogP contribution < -0.4 is 0 Å². The Hall–Kier alpha value is -0.430. The lowest BCUT2D eigenvalue weighted by Gasteiger charge is -2.37. The Labute approximate surface area is 110 Å². The first-order valence-corrected chi connectivity index (χ1v) is 7.32. The summed E-state index contributed by atoms with van der Waals surface area (Å²) in [6.07, 6.45) is 1.25. The zero-order valence-electron chi connectivity index (χ0n) is 9.17. The quantitative estimate of drug-likeness (QED) is 0.807. The maximum absolute atomic E-state index is 11.0. The third-order valence-corrected chi connectivity index (χ3v) is 4.55. The molecule has 0 bridgehead atoms. The summed E-state index contributed by atoms with van der Waals surface area (Å²) in [5.74, 6) is 0. The predicted molar refractivity (Wildman–Crippen MR) is 69.2 cm³/mol. The number of piperidine rings is 1. The van der Waals surface area contributed by atoms with Gasteiger partial charge in [0, 0.05) is 17.6 Å². The Morgan fingerprint density at radius 3 is 2.71 bits per heavy atom. The van der Waals surface area contributed by atoms with Gasteiger partial charge in [0.2, 0.25) is 10.9 Å². The fraction of sp³-hybridized carbons (Fsp3) is 0.455. The summed E-state index contributed by atoms with van der Waals surface area (Å²) < 4.78 is 24.1. The predicted octanol–water partition coefficient (Wildman–Crippen LogP) is 1.26. The molecule has 94 valence electrons. The van der Waals surface area contributed by atoms with E-state index in [9.17, 15) is 13.5 Å². The number of benzene rings is 1. The molecule has 1 saturated heterocycles. The molecule has 1 aliphatic rings. The molecule has 0 spiro atoms. The highest BCUT2D eigenvalue weighted by molar-refractivity contribution is 9.10. The van der Waals surface area contributed by atoms with Crippen molar-refractivity contribution in [1.29, 1.82) is 0 Å². The maximum Gasteiger partial charge on any atom is 0.204 e. The van der Waals surface area contributed by atoms with Crippen molar-refractivity contribution in [2.75, 3.05) is 13.1 Å². The van der Waals surface area contributed by atoms with E-state index < -0.39 is 16.5 Å². The molecule has 0 radical (unpaired) electrons. The molecule has 1 atom stereocenters. The molecule has 0 saturated carbocycles. The van der Waals surface area contributed by atoms with Crippen molar-refractivity contribution in [3.63, 3.8) is 0 Å². The molecular weight excluding hydrogens is 306 g/mol. The number of hydrogen-bond acceptors (Lipinski definition) is 3. The fourth-order valence-corrected chi connectivity index (χ4v) is 3.52. The number of hydrogen-bond donors (Lipinski definition) is 2. The lowest BCUT2D eigenvalue weighted by atomic mass is 9.87. The van der Waals surface area contributed by atoms with Crippen LogP contribution in [0.1, 0.15) is 18.4 Å². The number of β-amino-alcohol motifs (C(OH)–C–C–N with tert-alkyl or cyclic N) is 1. The molecule has 2 rings (SSSR count). The van der Waals surface area contributed by atoms with Crippen LogP contribution in [0.2, 0.25) is 0 Å². The van der Waals surface area contributed by atoms with Crippen LogP contribution in [0.25, 0.3) is 0 Å². The van der Waals surface area contributed by atoms with E-state index in [0.29, 0.717) is 19.4 Å². The van der Waals surface area contributed by atoms with Crippen LogP contribution in [-0.2, 0) is 16.5 Å². The van der Waals surface area contributed by atoms with E-state index in [0.717, 1.165) is 10.0 Å². The van der Waals surface area contributed by atoms with Crippen LogP contribution >= 0.6 is 15.9 Å². The maximum atomic E-state index is 11.0. The molecule has 0 aliphatic carbocycles. The molecule has 1 aliphatic heterocycles. The summed E-state index contributed by atoms with van der Waals surface area (Å²) in [7, 11) is -2.62. The van der Waals surface area contributed by atoms with Gasteiger partial charge >= 0.3 is 0 Å². The van der Waals surface area contributed by atoms with E-state index in [4.69, 9.17) is 0 Å². The molecule has 1 unspecified atom stereocenters. The minimum atomic E-state index is -2.62. The average molecular weight is 320 g/mol. The van der Waals surface area contributed by atoms with Crippen LogP contribution in [0, 0.1) is 0 Å². The molecule has 1 aromatic rings. The topological polar surface area (TPSA) is 57.6 Å². The SMILES string of the molecule is O=[SH](=O)N1CCCC(O)(c2ccccc2Br)C1. The van der Waals surface area contributed by atoms with Crippen molar-refractivity contribution >= 4 is 26.8 Å². The molecule has 0 aromatic heterocycles. The Kier molecular flexibility index (Phi) is 3.87. The van der Waals surface area contributed by atoms with Crippen LogP contribution in [0.15, 0.2) is 28.7 Å². The highest BCUT2D eigenvalue weighted by Crippen LogP contribution is 2.35. The van der Waals surface area contributed by atoms with E-state index in [1.807, 2.05) is 24.3 Å². The Balaban J connectivity index is 2.33. The summed E-state index contributed by atoms with van der Waals surface area (Å²) in [6, 6.07) is 7.38. The first kappa shape index (κ1) is 13.0. The second-order valence-corrected chi connectivity index (χ2v) is 6.14. The van der Waals surface area contributed by atoms with Gasteiger partial charge in [-0.25, -0.2) is 12.7 Å². The first-order chi connectivity index (χ1) is 8.03. The van der Waals surface area contributed by atoms with Crippen LogP contribution in [0.3, 0.4) is 0 Å². The van der Waals surface area contributed by atoms with E-state index in [-0.39, 0.29) is 6.54 Å². The largest absolute Gasteiger partial charge is 0.384 e. The van der Waals surface area contributed by atoms with Crippen molar-refractivity contribution in [2.45, 2.75) is 18.4 Å². The third kappa shape index (κ3) is 2.70. The number of nitrogens with zero attached hydrogens (tertiary/aromatic N) is 1.